The Hall–Kier alpha value is -0.570. The van der Waals surface area contributed by atoms with Gasteiger partial charge < -0.3 is 9.64 Å². The highest BCUT2D eigenvalue weighted by atomic mass is 16.5. The highest BCUT2D eigenvalue weighted by molar-refractivity contribution is 5.76. The lowest BCUT2D eigenvalue weighted by Gasteiger charge is -2.16. The normalized spacial score (nSPS) is 20.9. The minimum Gasteiger partial charge on any atom is -0.379 e. The third kappa shape index (κ3) is 1.70. The van der Waals surface area contributed by atoms with Crippen LogP contribution in [0.15, 0.2) is 0 Å². The fourth-order valence-corrected chi connectivity index (χ4v) is 1.05. The van der Waals surface area contributed by atoms with Gasteiger partial charge in [0.25, 0.3) is 0 Å². The molecule has 3 heteroatoms. The topological polar surface area (TPSA) is 29.5 Å². The average Bonchev–Trinajstić information content (AvgIpc) is 2.13. The molecule has 10 heavy (non-hydrogen) atoms. The summed E-state index contributed by atoms with van der Waals surface area (Å²) in [6.45, 7) is 4.84. The number of nitrogens with zero attached hydrogens (tertiary/aromatic N) is 1. The summed E-state index contributed by atoms with van der Waals surface area (Å²) in [6, 6.07) is 0. The minimum absolute atomic E-state index is 0.222. The summed E-state index contributed by atoms with van der Waals surface area (Å²) in [4.78, 5) is 12.9. The summed E-state index contributed by atoms with van der Waals surface area (Å²) in [6.07, 6.45) is 0.549. The predicted octanol–water partition coefficient (Wildman–Crippen LogP) is 0.255. The Labute approximate surface area is 61.0 Å². The lowest BCUT2D eigenvalue weighted by atomic mass is 10.4. The molecule has 0 spiro atoms. The molecule has 0 unspecified atom stereocenters. The third-order valence-corrected chi connectivity index (χ3v) is 1.70. The Morgan fingerprint density at radius 1 is 1.60 bits per heavy atom. The molecule has 0 aromatic rings. The maximum Gasteiger partial charge on any atom is 0.224 e. The molecule has 1 rings (SSSR count). The van der Waals surface area contributed by atoms with Crippen LogP contribution in [0.2, 0.25) is 0 Å². The molecule has 0 N–H and O–H groups in total. The van der Waals surface area contributed by atoms with E-state index < -0.39 is 0 Å². The van der Waals surface area contributed by atoms with Crippen molar-refractivity contribution >= 4 is 5.91 Å². The molecule has 1 aliphatic rings. The minimum atomic E-state index is 0.222. The molecule has 0 aliphatic carbocycles. The second-order valence-corrected chi connectivity index (χ2v) is 2.34. The molecule has 0 aromatic heterocycles. The summed E-state index contributed by atoms with van der Waals surface area (Å²) in [5.41, 5.74) is 0. The molecule has 58 valence electrons. The second-order valence-electron chi connectivity index (χ2n) is 2.34. The van der Waals surface area contributed by atoms with E-state index >= 15 is 0 Å². The van der Waals surface area contributed by atoms with E-state index in [2.05, 4.69) is 0 Å². The Bertz CT molecular complexity index is 125. The highest BCUT2D eigenvalue weighted by Crippen LogP contribution is 1.99. The SMILES string of the molecule is CCN1CCOCCC1=O. The lowest BCUT2D eigenvalue weighted by molar-refractivity contribution is -0.130. The Balaban J connectivity index is 2.43. The zero-order valence-corrected chi connectivity index (χ0v) is 6.30. The van der Waals surface area contributed by atoms with E-state index in [1.807, 2.05) is 11.8 Å². The molecular weight excluding hydrogens is 130 g/mol. The lowest BCUT2D eigenvalue weighted by Crippen LogP contribution is -2.31. The number of amides is 1. The smallest absolute Gasteiger partial charge is 0.224 e. The van der Waals surface area contributed by atoms with Crippen molar-refractivity contribution in [3.63, 3.8) is 0 Å². The first kappa shape index (κ1) is 7.54. The Morgan fingerprint density at radius 2 is 2.40 bits per heavy atom. The van der Waals surface area contributed by atoms with Gasteiger partial charge in [-0.2, -0.15) is 0 Å². The Kier molecular flexibility index (Phi) is 2.68. The van der Waals surface area contributed by atoms with E-state index in [0.717, 1.165) is 13.1 Å². The molecule has 1 saturated heterocycles. The van der Waals surface area contributed by atoms with Gasteiger partial charge in [-0.25, -0.2) is 0 Å². The molecule has 3 nitrogen and oxygen atoms in total. The van der Waals surface area contributed by atoms with Crippen LogP contribution >= 0.6 is 0 Å². The molecule has 1 aliphatic heterocycles. The van der Waals surface area contributed by atoms with Gasteiger partial charge in [-0.15, -0.1) is 0 Å². The van der Waals surface area contributed by atoms with Gasteiger partial charge in [-0.1, -0.05) is 0 Å². The van der Waals surface area contributed by atoms with Crippen molar-refractivity contribution in [2.24, 2.45) is 0 Å². The van der Waals surface area contributed by atoms with Crippen molar-refractivity contribution < 1.29 is 9.53 Å². The van der Waals surface area contributed by atoms with E-state index in [9.17, 15) is 4.79 Å². The largest absolute Gasteiger partial charge is 0.379 e. The highest BCUT2D eigenvalue weighted by Gasteiger charge is 2.13. The first-order valence-corrected chi connectivity index (χ1v) is 3.70. The Morgan fingerprint density at radius 3 is 3.10 bits per heavy atom. The molecule has 0 radical (unpaired) electrons. The van der Waals surface area contributed by atoms with E-state index in [0.29, 0.717) is 19.6 Å². The van der Waals surface area contributed by atoms with Crippen LogP contribution in [-0.4, -0.2) is 37.1 Å². The van der Waals surface area contributed by atoms with Crippen LogP contribution in [-0.2, 0) is 9.53 Å². The zero-order valence-electron chi connectivity index (χ0n) is 6.30. The molecule has 0 saturated carbocycles. The number of carbonyl (C=O) groups excluding carboxylic acids is 1. The van der Waals surface area contributed by atoms with Crippen LogP contribution in [0, 0.1) is 0 Å². The summed E-state index contributed by atoms with van der Waals surface area (Å²) in [5.74, 6) is 0.222. The van der Waals surface area contributed by atoms with Crippen LogP contribution in [0.5, 0.6) is 0 Å². The fraction of sp³-hybridized carbons (Fsp3) is 0.857. The molecule has 1 fully saturated rings. The monoisotopic (exact) mass is 143 g/mol. The van der Waals surface area contributed by atoms with E-state index in [-0.39, 0.29) is 5.91 Å². The van der Waals surface area contributed by atoms with E-state index in [1.165, 1.54) is 0 Å². The van der Waals surface area contributed by atoms with Crippen molar-refractivity contribution in [1.29, 1.82) is 0 Å². The van der Waals surface area contributed by atoms with Crippen molar-refractivity contribution in [2.45, 2.75) is 13.3 Å². The van der Waals surface area contributed by atoms with E-state index in [4.69, 9.17) is 4.74 Å². The molecule has 0 aromatic carbocycles. The van der Waals surface area contributed by atoms with Gasteiger partial charge in [-0.3, -0.25) is 4.79 Å². The van der Waals surface area contributed by atoms with Crippen LogP contribution in [0.1, 0.15) is 13.3 Å². The van der Waals surface area contributed by atoms with Crippen LogP contribution < -0.4 is 0 Å². The first-order chi connectivity index (χ1) is 4.84. The maximum absolute atomic E-state index is 11.1. The van der Waals surface area contributed by atoms with Crippen molar-refractivity contribution in [1.82, 2.24) is 4.90 Å². The van der Waals surface area contributed by atoms with Crippen molar-refractivity contribution in [2.75, 3.05) is 26.3 Å². The van der Waals surface area contributed by atoms with Crippen molar-refractivity contribution in [3.05, 3.63) is 0 Å². The number of carbonyl (C=O) groups is 1. The van der Waals surface area contributed by atoms with Gasteiger partial charge in [0.15, 0.2) is 0 Å². The standard InChI is InChI=1S/C7H13NO2/c1-2-8-4-6-10-5-3-7(8)9/h2-6H2,1H3. The second kappa shape index (κ2) is 3.56. The number of hydrogen-bond donors (Lipinski definition) is 0. The molecule has 1 amide bonds. The van der Waals surface area contributed by atoms with Gasteiger partial charge in [0.05, 0.1) is 19.6 Å². The summed E-state index contributed by atoms with van der Waals surface area (Å²) < 4.78 is 5.13. The zero-order chi connectivity index (χ0) is 7.40. The molecule has 0 bridgehead atoms. The van der Waals surface area contributed by atoms with Crippen LogP contribution in [0.3, 0.4) is 0 Å². The predicted molar refractivity (Wildman–Crippen MR) is 37.7 cm³/mol. The molecule has 0 atom stereocenters. The van der Waals surface area contributed by atoms with Gasteiger partial charge in [0.2, 0.25) is 5.91 Å². The number of ether oxygens (including phenoxy) is 1. The third-order valence-electron chi connectivity index (χ3n) is 1.70. The van der Waals surface area contributed by atoms with Gasteiger partial charge >= 0.3 is 0 Å². The summed E-state index contributed by atoms with van der Waals surface area (Å²) in [5, 5.41) is 0. The average molecular weight is 143 g/mol. The summed E-state index contributed by atoms with van der Waals surface area (Å²) >= 11 is 0. The summed E-state index contributed by atoms with van der Waals surface area (Å²) in [7, 11) is 0. The molecule has 1 heterocycles. The first-order valence-electron chi connectivity index (χ1n) is 3.70. The van der Waals surface area contributed by atoms with Gasteiger partial charge in [0.1, 0.15) is 0 Å². The fourth-order valence-electron chi connectivity index (χ4n) is 1.05. The van der Waals surface area contributed by atoms with Crippen LogP contribution in [0.4, 0.5) is 0 Å². The van der Waals surface area contributed by atoms with Crippen LogP contribution in [0.25, 0.3) is 0 Å². The van der Waals surface area contributed by atoms with Gasteiger partial charge in [-0.05, 0) is 6.92 Å². The quantitative estimate of drug-likeness (QED) is 0.526. The maximum atomic E-state index is 11.1. The van der Waals surface area contributed by atoms with E-state index in [1.54, 1.807) is 0 Å². The number of hydrogen-bond acceptors (Lipinski definition) is 2. The number of likely N-dealkylation sites (N-methyl/N-ethyl adjacent to an activating group) is 1. The number of rotatable bonds is 1. The molecular formula is C7H13NO2. The van der Waals surface area contributed by atoms with Gasteiger partial charge in [0, 0.05) is 13.1 Å². The van der Waals surface area contributed by atoms with Crippen molar-refractivity contribution in [3.8, 4) is 0 Å².